The average molecular weight is 385 g/mol. The smallest absolute Gasteiger partial charge is 0.342 e. The molecule has 0 atom stereocenters. The van der Waals surface area contributed by atoms with Gasteiger partial charge in [-0.25, -0.2) is 4.79 Å². The number of carbonyl (C=O) groups excluding carboxylic acids is 1. The van der Waals surface area contributed by atoms with E-state index in [9.17, 15) is 4.79 Å². The lowest BCUT2D eigenvalue weighted by Crippen LogP contribution is -2.11. The molecule has 0 heterocycles. The van der Waals surface area contributed by atoms with Crippen molar-refractivity contribution in [3.63, 3.8) is 0 Å². The number of hydrogen-bond donors (Lipinski definition) is 1. The van der Waals surface area contributed by atoms with E-state index in [0.717, 1.165) is 0 Å². The third-order valence-corrected chi connectivity index (χ3v) is 3.75. The third-order valence-electron chi connectivity index (χ3n) is 2.93. The average Bonchev–Trinajstić information content (AvgIpc) is 2.56. The van der Waals surface area contributed by atoms with Crippen molar-refractivity contribution in [1.29, 1.82) is 0 Å². The molecule has 0 amide bonds. The fourth-order valence-electron chi connectivity index (χ4n) is 1.87. The van der Waals surface area contributed by atoms with Crippen LogP contribution in [0.3, 0.4) is 0 Å². The molecule has 2 rings (SSSR count). The molecule has 0 fully saturated rings. The van der Waals surface area contributed by atoms with Gasteiger partial charge in [0.05, 0.1) is 22.8 Å². The van der Waals surface area contributed by atoms with Gasteiger partial charge in [0.1, 0.15) is 5.57 Å². The minimum absolute atomic E-state index is 0.0937. The van der Waals surface area contributed by atoms with Crippen molar-refractivity contribution in [1.82, 2.24) is 0 Å². The van der Waals surface area contributed by atoms with Gasteiger partial charge < -0.3 is 10.5 Å². The van der Waals surface area contributed by atoms with E-state index in [1.165, 1.54) is 19.2 Å². The van der Waals surface area contributed by atoms with Gasteiger partial charge in [0.25, 0.3) is 0 Å². The van der Waals surface area contributed by atoms with Crippen molar-refractivity contribution in [3.8, 4) is 0 Å². The summed E-state index contributed by atoms with van der Waals surface area (Å²) in [7, 11) is 1.21. The number of azo groups is 1. The van der Waals surface area contributed by atoms with Gasteiger partial charge in [0, 0.05) is 10.6 Å². The van der Waals surface area contributed by atoms with Gasteiger partial charge in [-0.2, -0.15) is 0 Å². The lowest BCUT2D eigenvalue weighted by molar-refractivity contribution is -0.133. The van der Waals surface area contributed by atoms with Crippen molar-refractivity contribution in [2.45, 2.75) is 0 Å². The predicted molar refractivity (Wildman–Crippen MR) is 95.6 cm³/mol. The van der Waals surface area contributed by atoms with Crippen LogP contribution in [0.25, 0.3) is 5.57 Å². The SMILES string of the molecule is COC(=O)/C(=C(\N)N=Nc1ccccc1)c1c(Cl)cc(Cl)cc1Cl. The van der Waals surface area contributed by atoms with Gasteiger partial charge in [-0.15, -0.1) is 10.2 Å². The molecule has 0 aromatic heterocycles. The molecule has 0 aliphatic heterocycles. The summed E-state index contributed by atoms with van der Waals surface area (Å²) in [6.07, 6.45) is 0. The van der Waals surface area contributed by atoms with Crippen LogP contribution >= 0.6 is 34.8 Å². The summed E-state index contributed by atoms with van der Waals surface area (Å²) in [6.45, 7) is 0. The normalized spacial score (nSPS) is 12.2. The van der Waals surface area contributed by atoms with Gasteiger partial charge >= 0.3 is 5.97 Å². The minimum atomic E-state index is -0.745. The Morgan fingerprint density at radius 2 is 1.67 bits per heavy atom. The first-order valence-electron chi connectivity index (χ1n) is 6.63. The quantitative estimate of drug-likeness (QED) is 0.445. The Labute approximate surface area is 153 Å². The maximum atomic E-state index is 12.1. The number of nitrogens with two attached hydrogens (primary N) is 1. The highest BCUT2D eigenvalue weighted by Gasteiger charge is 2.23. The molecule has 2 aromatic rings. The summed E-state index contributed by atoms with van der Waals surface area (Å²) in [4.78, 5) is 12.1. The molecular formula is C16H12Cl3N3O2. The summed E-state index contributed by atoms with van der Waals surface area (Å²) >= 11 is 18.2. The lowest BCUT2D eigenvalue weighted by Gasteiger charge is -2.11. The Balaban J connectivity index is 2.57. The number of halogens is 3. The molecule has 0 spiro atoms. The van der Waals surface area contributed by atoms with Crippen molar-refractivity contribution < 1.29 is 9.53 Å². The van der Waals surface area contributed by atoms with Gasteiger partial charge in [0.2, 0.25) is 0 Å². The van der Waals surface area contributed by atoms with E-state index in [1.807, 2.05) is 6.07 Å². The molecule has 0 saturated heterocycles. The van der Waals surface area contributed by atoms with E-state index in [1.54, 1.807) is 24.3 Å². The molecule has 5 nitrogen and oxygen atoms in total. The Hall–Kier alpha value is -2.08. The second-order valence-electron chi connectivity index (χ2n) is 4.53. The van der Waals surface area contributed by atoms with E-state index >= 15 is 0 Å². The summed E-state index contributed by atoms with van der Waals surface area (Å²) in [5.74, 6) is -0.928. The van der Waals surface area contributed by atoms with Gasteiger partial charge in [-0.1, -0.05) is 53.0 Å². The summed E-state index contributed by atoms with van der Waals surface area (Å²) in [5, 5.41) is 8.45. The van der Waals surface area contributed by atoms with E-state index in [2.05, 4.69) is 10.2 Å². The monoisotopic (exact) mass is 383 g/mol. The van der Waals surface area contributed by atoms with Crippen molar-refractivity contribution in [2.75, 3.05) is 7.11 Å². The summed E-state index contributed by atoms with van der Waals surface area (Å²) in [6, 6.07) is 11.8. The van der Waals surface area contributed by atoms with Crippen LogP contribution in [0.5, 0.6) is 0 Å². The van der Waals surface area contributed by atoms with Crippen LogP contribution in [-0.2, 0) is 9.53 Å². The second-order valence-corrected chi connectivity index (χ2v) is 5.78. The first-order chi connectivity index (χ1) is 11.4. The summed E-state index contributed by atoms with van der Waals surface area (Å²) < 4.78 is 4.75. The van der Waals surface area contributed by atoms with Crippen molar-refractivity contribution in [3.05, 3.63) is 68.9 Å². The number of hydrogen-bond acceptors (Lipinski definition) is 5. The highest BCUT2D eigenvalue weighted by molar-refractivity contribution is 6.42. The molecular weight excluding hydrogens is 373 g/mol. The van der Waals surface area contributed by atoms with Crippen LogP contribution in [0.2, 0.25) is 15.1 Å². The van der Waals surface area contributed by atoms with Crippen LogP contribution in [0, 0.1) is 0 Å². The number of benzene rings is 2. The maximum Gasteiger partial charge on any atom is 0.342 e. The predicted octanol–water partition coefficient (Wildman–Crippen LogP) is 5.23. The zero-order valence-corrected chi connectivity index (χ0v) is 14.7. The van der Waals surface area contributed by atoms with E-state index in [-0.39, 0.29) is 27.0 Å². The first kappa shape index (κ1) is 18.3. The van der Waals surface area contributed by atoms with Crippen LogP contribution in [0.15, 0.2) is 58.5 Å². The highest BCUT2D eigenvalue weighted by Crippen LogP contribution is 2.36. The van der Waals surface area contributed by atoms with E-state index < -0.39 is 5.97 Å². The lowest BCUT2D eigenvalue weighted by atomic mass is 10.1. The molecule has 24 heavy (non-hydrogen) atoms. The molecule has 0 bridgehead atoms. The maximum absolute atomic E-state index is 12.1. The van der Waals surface area contributed by atoms with Crippen LogP contribution < -0.4 is 5.73 Å². The molecule has 0 aliphatic carbocycles. The molecule has 0 unspecified atom stereocenters. The topological polar surface area (TPSA) is 77.0 Å². The fourth-order valence-corrected chi connectivity index (χ4v) is 2.88. The molecule has 2 N–H and O–H groups in total. The molecule has 0 aliphatic rings. The molecule has 0 saturated carbocycles. The molecule has 2 aromatic carbocycles. The molecule has 124 valence electrons. The van der Waals surface area contributed by atoms with Gasteiger partial charge in [-0.05, 0) is 24.3 Å². The van der Waals surface area contributed by atoms with Gasteiger partial charge in [0.15, 0.2) is 5.82 Å². The highest BCUT2D eigenvalue weighted by atomic mass is 35.5. The second kappa shape index (κ2) is 8.15. The van der Waals surface area contributed by atoms with Crippen LogP contribution in [-0.4, -0.2) is 13.1 Å². The third kappa shape index (κ3) is 4.26. The largest absolute Gasteiger partial charge is 0.465 e. The Morgan fingerprint density at radius 3 is 2.21 bits per heavy atom. The number of ether oxygens (including phenoxy) is 1. The zero-order chi connectivity index (χ0) is 17.7. The molecule has 0 radical (unpaired) electrons. The summed E-state index contributed by atoms with van der Waals surface area (Å²) in [5.41, 5.74) is 6.57. The fraction of sp³-hybridized carbons (Fsp3) is 0.0625. The zero-order valence-electron chi connectivity index (χ0n) is 12.5. The Kier molecular flexibility index (Phi) is 6.20. The minimum Gasteiger partial charge on any atom is -0.465 e. The van der Waals surface area contributed by atoms with E-state index in [0.29, 0.717) is 10.7 Å². The van der Waals surface area contributed by atoms with E-state index in [4.69, 9.17) is 45.3 Å². The van der Waals surface area contributed by atoms with Crippen LogP contribution in [0.4, 0.5) is 5.69 Å². The number of methoxy groups -OCH3 is 1. The van der Waals surface area contributed by atoms with Gasteiger partial charge in [-0.3, -0.25) is 0 Å². The first-order valence-corrected chi connectivity index (χ1v) is 7.77. The van der Waals surface area contributed by atoms with Crippen molar-refractivity contribution in [2.24, 2.45) is 16.0 Å². The Morgan fingerprint density at radius 1 is 1.08 bits per heavy atom. The number of rotatable bonds is 4. The number of carbonyl (C=O) groups is 1. The van der Waals surface area contributed by atoms with Crippen LogP contribution in [0.1, 0.15) is 5.56 Å². The number of esters is 1. The molecule has 8 heteroatoms. The number of nitrogens with zero attached hydrogens (tertiary/aromatic N) is 2. The Bertz CT molecular complexity index is 798. The standard InChI is InChI=1S/C16H12Cl3N3O2/c1-24-16(23)14(13-11(18)7-9(17)8-12(13)19)15(20)22-21-10-5-3-2-4-6-10/h2-8H,20H2,1H3/b15-14+,22-21?. The van der Waals surface area contributed by atoms with Crippen molar-refractivity contribution >= 4 is 52.0 Å².